The first-order valence-electron chi connectivity index (χ1n) is 4.63. The first kappa shape index (κ1) is 11.2. The first-order valence-corrected chi connectivity index (χ1v) is 4.63. The molecule has 0 aromatic heterocycles. The number of carbonyl (C=O) groups is 1. The molecule has 0 spiro atoms. The summed E-state index contributed by atoms with van der Waals surface area (Å²) in [5, 5.41) is 30.4. The molecular weight excluding hydrogens is 225 g/mol. The van der Waals surface area contributed by atoms with E-state index >= 15 is 0 Å². The minimum atomic E-state index is -1.62. The molecule has 0 fully saturated rings. The topological polar surface area (TPSA) is 121 Å². The van der Waals surface area contributed by atoms with E-state index in [1.165, 1.54) is 24.3 Å². The van der Waals surface area contributed by atoms with E-state index in [0.717, 1.165) is 0 Å². The van der Waals surface area contributed by atoms with Crippen molar-refractivity contribution in [1.29, 1.82) is 0 Å². The predicted octanol–water partition coefficient (Wildman–Crippen LogP) is -1.65. The number of nitrogens with zero attached hydrogens (tertiary/aromatic N) is 4. The lowest BCUT2D eigenvalue weighted by atomic mass is 9.79. The zero-order chi connectivity index (χ0) is 12.3. The van der Waals surface area contributed by atoms with E-state index in [4.69, 9.17) is 10.0 Å². The van der Waals surface area contributed by atoms with Crippen molar-refractivity contribution in [2.24, 2.45) is 15.4 Å². The molecule has 3 N–H and O–H groups in total. The maximum atomic E-state index is 11.7. The lowest BCUT2D eigenvalue weighted by Gasteiger charge is -2.03. The molecule has 1 radical (unpaired) electrons. The summed E-state index contributed by atoms with van der Waals surface area (Å²) < 4.78 is 0. The molecule has 8 nitrogen and oxygen atoms in total. The molecular formula is C8H7BN5O3. The molecule has 1 heterocycles. The minimum Gasteiger partial charge on any atom is -0.423 e. The van der Waals surface area contributed by atoms with Gasteiger partial charge in [0.1, 0.15) is 0 Å². The molecule has 0 bridgehead atoms. The van der Waals surface area contributed by atoms with E-state index in [9.17, 15) is 4.79 Å². The molecule has 17 heavy (non-hydrogen) atoms. The van der Waals surface area contributed by atoms with E-state index in [0.29, 0.717) is 0 Å². The lowest BCUT2D eigenvalue weighted by molar-refractivity contribution is 0.0976. The highest BCUT2D eigenvalue weighted by Crippen LogP contribution is 1.98. The standard InChI is InChI=1S/C8H7BN5O3/c15-7(10-8-11-13-14-12-8)5-2-1-3-6(4-5)9(16)17/h1-4,16-17H,(H,10,11,15). The third-order valence-corrected chi connectivity index (χ3v) is 1.99. The number of rotatable bonds is 2. The molecule has 1 aromatic rings. The van der Waals surface area contributed by atoms with Crippen molar-refractivity contribution in [2.45, 2.75) is 0 Å². The number of hydrogen-bond acceptors (Lipinski definition) is 6. The fourth-order valence-corrected chi connectivity index (χ4v) is 1.21. The van der Waals surface area contributed by atoms with Crippen molar-refractivity contribution in [3.8, 4) is 0 Å². The van der Waals surface area contributed by atoms with Crippen LogP contribution in [-0.2, 0) is 0 Å². The van der Waals surface area contributed by atoms with Crippen LogP contribution in [0.15, 0.2) is 39.7 Å². The van der Waals surface area contributed by atoms with E-state index in [2.05, 4.69) is 26.3 Å². The second-order valence-corrected chi connectivity index (χ2v) is 3.16. The predicted molar refractivity (Wildman–Crippen MR) is 58.2 cm³/mol. The summed E-state index contributed by atoms with van der Waals surface area (Å²) in [5.74, 6) is -0.493. The van der Waals surface area contributed by atoms with Crippen LogP contribution in [0.25, 0.3) is 0 Å². The highest BCUT2D eigenvalue weighted by atomic mass is 16.4. The van der Waals surface area contributed by atoms with Crippen LogP contribution < -0.4 is 16.3 Å². The Morgan fingerprint density at radius 3 is 2.82 bits per heavy atom. The Morgan fingerprint density at radius 2 is 2.18 bits per heavy atom. The largest absolute Gasteiger partial charge is 0.488 e. The molecule has 9 heteroatoms. The van der Waals surface area contributed by atoms with Crippen LogP contribution >= 0.6 is 0 Å². The third kappa shape index (κ3) is 2.65. The van der Waals surface area contributed by atoms with Crippen LogP contribution in [0.1, 0.15) is 10.4 Å². The Balaban J connectivity index is 2.13. The number of carbonyl (C=O) groups excluding carboxylic acids is 1. The normalized spacial score (nSPS) is 12.9. The number of benzene rings is 1. The summed E-state index contributed by atoms with van der Waals surface area (Å²) in [4.78, 5) is 11.7. The number of nitrogens with one attached hydrogen (secondary N) is 1. The fourth-order valence-electron chi connectivity index (χ4n) is 1.21. The Bertz CT molecular complexity index is 502. The van der Waals surface area contributed by atoms with Gasteiger partial charge in [-0.05, 0) is 28.4 Å². The molecule has 0 unspecified atom stereocenters. The van der Waals surface area contributed by atoms with Gasteiger partial charge in [0.15, 0.2) is 0 Å². The van der Waals surface area contributed by atoms with Gasteiger partial charge in [-0.15, -0.1) is 0 Å². The smallest absolute Gasteiger partial charge is 0.423 e. The Morgan fingerprint density at radius 1 is 1.35 bits per heavy atom. The van der Waals surface area contributed by atoms with Crippen molar-refractivity contribution < 1.29 is 14.8 Å². The molecule has 2 rings (SSSR count). The van der Waals surface area contributed by atoms with Gasteiger partial charge in [0, 0.05) is 5.56 Å². The van der Waals surface area contributed by atoms with E-state index in [1.807, 2.05) is 0 Å². The molecule has 85 valence electrons. The third-order valence-electron chi connectivity index (χ3n) is 1.99. The zero-order valence-electron chi connectivity index (χ0n) is 8.48. The Hall–Kier alpha value is -2.26. The van der Waals surface area contributed by atoms with Gasteiger partial charge in [0.25, 0.3) is 11.9 Å². The maximum absolute atomic E-state index is 11.7. The average molecular weight is 232 g/mol. The molecule has 1 aliphatic heterocycles. The van der Waals surface area contributed by atoms with Crippen LogP contribution in [0, 0.1) is 0 Å². The van der Waals surface area contributed by atoms with Gasteiger partial charge in [-0.2, -0.15) is 0 Å². The lowest BCUT2D eigenvalue weighted by Crippen LogP contribution is -2.33. The Labute approximate surface area is 96.2 Å². The fraction of sp³-hybridized carbons (Fsp3) is 0. The van der Waals surface area contributed by atoms with E-state index in [1.54, 1.807) is 0 Å². The van der Waals surface area contributed by atoms with Gasteiger partial charge in [-0.3, -0.25) is 10.1 Å². The summed E-state index contributed by atoms with van der Waals surface area (Å²) in [6.45, 7) is 0. The second kappa shape index (κ2) is 4.72. The van der Waals surface area contributed by atoms with Crippen LogP contribution in [0.2, 0.25) is 0 Å². The van der Waals surface area contributed by atoms with E-state index in [-0.39, 0.29) is 17.0 Å². The molecule has 0 saturated carbocycles. The summed E-state index contributed by atoms with van der Waals surface area (Å²) >= 11 is 0. The molecule has 1 amide bonds. The molecule has 1 aromatic carbocycles. The SMILES string of the molecule is O=C(NC1=N[N]N=N1)c1cccc(B(O)O)c1. The zero-order valence-corrected chi connectivity index (χ0v) is 8.48. The number of hydrogen-bond donors (Lipinski definition) is 3. The van der Waals surface area contributed by atoms with Crippen LogP contribution in [0.3, 0.4) is 0 Å². The summed E-state index contributed by atoms with van der Waals surface area (Å²) in [6, 6.07) is 5.89. The Kier molecular flexibility index (Phi) is 3.12. The highest BCUT2D eigenvalue weighted by Gasteiger charge is 2.15. The number of guanidine groups is 1. The molecule has 0 aliphatic carbocycles. The second-order valence-electron chi connectivity index (χ2n) is 3.16. The van der Waals surface area contributed by atoms with Crippen LogP contribution in [-0.4, -0.2) is 29.0 Å². The van der Waals surface area contributed by atoms with Crippen molar-refractivity contribution in [3.63, 3.8) is 0 Å². The van der Waals surface area contributed by atoms with Gasteiger partial charge in [-0.25, -0.2) is 0 Å². The maximum Gasteiger partial charge on any atom is 0.488 e. The molecule has 1 aliphatic rings. The monoisotopic (exact) mass is 232 g/mol. The quantitative estimate of drug-likeness (QED) is 0.529. The molecule has 0 atom stereocenters. The summed E-state index contributed by atoms with van der Waals surface area (Å²) in [6.07, 6.45) is 0. The van der Waals surface area contributed by atoms with Crippen molar-refractivity contribution in [3.05, 3.63) is 29.8 Å². The van der Waals surface area contributed by atoms with Crippen molar-refractivity contribution in [1.82, 2.24) is 10.9 Å². The van der Waals surface area contributed by atoms with Gasteiger partial charge in [0.05, 0.1) is 0 Å². The first-order chi connectivity index (χ1) is 8.16. The van der Waals surface area contributed by atoms with Gasteiger partial charge < -0.3 is 10.0 Å². The van der Waals surface area contributed by atoms with Crippen LogP contribution in [0.4, 0.5) is 0 Å². The van der Waals surface area contributed by atoms with Crippen LogP contribution in [0.5, 0.6) is 0 Å². The van der Waals surface area contributed by atoms with Gasteiger partial charge in [0.2, 0.25) is 0 Å². The van der Waals surface area contributed by atoms with E-state index < -0.39 is 13.0 Å². The highest BCUT2D eigenvalue weighted by molar-refractivity contribution is 6.58. The van der Waals surface area contributed by atoms with Gasteiger partial charge in [-0.1, -0.05) is 22.3 Å². The summed E-state index contributed by atoms with van der Waals surface area (Å²) in [7, 11) is -1.62. The van der Waals surface area contributed by atoms with Gasteiger partial charge >= 0.3 is 7.12 Å². The number of amides is 1. The van der Waals surface area contributed by atoms with Crippen molar-refractivity contribution >= 4 is 24.4 Å². The minimum absolute atomic E-state index is 0.00931. The van der Waals surface area contributed by atoms with Crippen molar-refractivity contribution in [2.75, 3.05) is 0 Å². The average Bonchev–Trinajstić information content (AvgIpc) is 2.82. The summed E-state index contributed by atoms with van der Waals surface area (Å²) in [5.41, 5.74) is 3.68. The molecule has 0 saturated heterocycles.